The Hall–Kier alpha value is -1.71. The molecule has 0 saturated carbocycles. The maximum absolute atomic E-state index is 11.8. The molecule has 1 aromatic rings. The molecule has 1 amide bonds. The van der Waals surface area contributed by atoms with Crippen molar-refractivity contribution < 1.29 is 9.53 Å². The highest BCUT2D eigenvalue weighted by Crippen LogP contribution is 2.30. The van der Waals surface area contributed by atoms with Crippen LogP contribution in [0, 0.1) is 5.41 Å². The van der Waals surface area contributed by atoms with Gasteiger partial charge in [-0.15, -0.1) is 0 Å². The van der Waals surface area contributed by atoms with Crippen LogP contribution in [0.4, 0.5) is 5.69 Å². The van der Waals surface area contributed by atoms with E-state index in [9.17, 15) is 4.79 Å². The van der Waals surface area contributed by atoms with Crippen LogP contribution in [-0.4, -0.2) is 32.1 Å². The van der Waals surface area contributed by atoms with Gasteiger partial charge in [-0.25, -0.2) is 0 Å². The van der Waals surface area contributed by atoms with Gasteiger partial charge in [-0.3, -0.25) is 4.79 Å². The van der Waals surface area contributed by atoms with Crippen molar-refractivity contribution in [3.8, 4) is 5.75 Å². The van der Waals surface area contributed by atoms with E-state index in [0.717, 1.165) is 24.5 Å². The van der Waals surface area contributed by atoms with Gasteiger partial charge in [0.2, 0.25) is 5.91 Å². The number of carbonyl (C=O) groups excluding carboxylic acids is 1. The standard InChI is InChI=1S/C15H22N2O2/c1-15(2,3)14(18)16-8-9-17-10-11-19-13-7-5-4-6-12(13)17/h4-7H,8-11H2,1-3H3,(H,16,18). The van der Waals surface area contributed by atoms with E-state index in [1.807, 2.05) is 39.0 Å². The van der Waals surface area contributed by atoms with Crippen LogP contribution in [0.1, 0.15) is 20.8 Å². The van der Waals surface area contributed by atoms with Crippen molar-refractivity contribution in [2.75, 3.05) is 31.1 Å². The molecule has 0 fully saturated rings. The number of nitrogens with one attached hydrogen (secondary N) is 1. The van der Waals surface area contributed by atoms with Gasteiger partial charge in [-0.05, 0) is 12.1 Å². The lowest BCUT2D eigenvalue weighted by atomic mass is 9.96. The third-order valence-corrected chi connectivity index (χ3v) is 3.17. The fraction of sp³-hybridized carbons (Fsp3) is 0.533. The first kappa shape index (κ1) is 13.7. The molecule has 2 rings (SSSR count). The predicted octanol–water partition coefficient (Wildman–Crippen LogP) is 2.05. The molecule has 4 nitrogen and oxygen atoms in total. The van der Waals surface area contributed by atoms with E-state index in [-0.39, 0.29) is 11.3 Å². The van der Waals surface area contributed by atoms with Gasteiger partial charge >= 0.3 is 0 Å². The summed E-state index contributed by atoms with van der Waals surface area (Å²) in [4.78, 5) is 14.0. The van der Waals surface area contributed by atoms with Gasteiger partial charge in [0.25, 0.3) is 0 Å². The lowest BCUT2D eigenvalue weighted by molar-refractivity contribution is -0.128. The van der Waals surface area contributed by atoms with Gasteiger partial charge in [0.1, 0.15) is 12.4 Å². The maximum atomic E-state index is 11.8. The van der Waals surface area contributed by atoms with Gasteiger partial charge in [0.05, 0.1) is 12.2 Å². The van der Waals surface area contributed by atoms with Crippen LogP contribution in [0.2, 0.25) is 0 Å². The summed E-state index contributed by atoms with van der Waals surface area (Å²) in [6, 6.07) is 8.02. The summed E-state index contributed by atoms with van der Waals surface area (Å²) in [5.41, 5.74) is 0.780. The summed E-state index contributed by atoms with van der Waals surface area (Å²) < 4.78 is 5.61. The van der Waals surface area contributed by atoms with Crippen LogP contribution < -0.4 is 15.0 Å². The van der Waals surface area contributed by atoms with Crippen LogP contribution in [0.5, 0.6) is 5.75 Å². The van der Waals surface area contributed by atoms with Crippen molar-refractivity contribution in [3.05, 3.63) is 24.3 Å². The molecule has 0 bridgehead atoms. The van der Waals surface area contributed by atoms with Crippen molar-refractivity contribution in [1.82, 2.24) is 5.32 Å². The highest BCUT2D eigenvalue weighted by molar-refractivity contribution is 5.81. The molecular formula is C15H22N2O2. The predicted molar refractivity (Wildman–Crippen MR) is 76.6 cm³/mol. The summed E-state index contributed by atoms with van der Waals surface area (Å²) in [5.74, 6) is 1.02. The number of nitrogens with zero attached hydrogens (tertiary/aromatic N) is 1. The number of para-hydroxylation sites is 2. The molecular weight excluding hydrogens is 240 g/mol. The highest BCUT2D eigenvalue weighted by Gasteiger charge is 2.21. The average molecular weight is 262 g/mol. The van der Waals surface area contributed by atoms with E-state index in [0.29, 0.717) is 13.2 Å². The molecule has 0 aromatic heterocycles. The number of anilines is 1. The summed E-state index contributed by atoms with van der Waals surface area (Å²) in [5, 5.41) is 2.98. The van der Waals surface area contributed by atoms with Gasteiger partial charge < -0.3 is 15.0 Å². The Kier molecular flexibility index (Phi) is 3.98. The van der Waals surface area contributed by atoms with E-state index in [1.54, 1.807) is 0 Å². The number of amides is 1. The summed E-state index contributed by atoms with van der Waals surface area (Å²) >= 11 is 0. The van der Waals surface area contributed by atoms with E-state index in [2.05, 4.69) is 16.3 Å². The number of benzene rings is 1. The molecule has 0 unspecified atom stereocenters. The zero-order chi connectivity index (χ0) is 13.9. The molecule has 4 heteroatoms. The van der Waals surface area contributed by atoms with Crippen molar-refractivity contribution in [2.45, 2.75) is 20.8 Å². The van der Waals surface area contributed by atoms with Gasteiger partial charge in [0, 0.05) is 18.5 Å². The summed E-state index contributed by atoms with van der Waals surface area (Å²) in [6.07, 6.45) is 0. The van der Waals surface area contributed by atoms with Crippen LogP contribution in [0.25, 0.3) is 0 Å². The number of fused-ring (bicyclic) bond motifs is 1. The highest BCUT2D eigenvalue weighted by atomic mass is 16.5. The fourth-order valence-corrected chi connectivity index (χ4v) is 2.03. The minimum atomic E-state index is -0.330. The first-order valence-electron chi connectivity index (χ1n) is 6.73. The smallest absolute Gasteiger partial charge is 0.225 e. The Bertz CT molecular complexity index is 452. The normalized spacial score (nSPS) is 14.6. The largest absolute Gasteiger partial charge is 0.490 e. The van der Waals surface area contributed by atoms with Crippen LogP contribution in [-0.2, 0) is 4.79 Å². The maximum Gasteiger partial charge on any atom is 0.225 e. The second-order valence-corrected chi connectivity index (χ2v) is 5.81. The Morgan fingerprint density at radius 3 is 2.84 bits per heavy atom. The van der Waals surface area contributed by atoms with Crippen molar-refractivity contribution in [2.24, 2.45) is 5.41 Å². The Morgan fingerprint density at radius 2 is 2.11 bits per heavy atom. The number of ether oxygens (including phenoxy) is 1. The summed E-state index contributed by atoms with van der Waals surface area (Å²) in [7, 11) is 0. The Labute approximate surface area is 114 Å². The van der Waals surface area contributed by atoms with Gasteiger partial charge in [-0.2, -0.15) is 0 Å². The molecule has 1 aliphatic rings. The molecule has 1 aromatic carbocycles. The minimum absolute atomic E-state index is 0.0917. The molecule has 0 radical (unpaired) electrons. The molecule has 1 aliphatic heterocycles. The van der Waals surface area contributed by atoms with Gasteiger partial charge in [0.15, 0.2) is 0 Å². The number of hydrogen-bond acceptors (Lipinski definition) is 3. The lowest BCUT2D eigenvalue weighted by Crippen LogP contribution is -2.42. The van der Waals surface area contributed by atoms with Crippen molar-refractivity contribution >= 4 is 11.6 Å². The first-order chi connectivity index (χ1) is 8.98. The minimum Gasteiger partial charge on any atom is -0.490 e. The van der Waals surface area contributed by atoms with Crippen LogP contribution in [0.3, 0.4) is 0 Å². The molecule has 1 N–H and O–H groups in total. The first-order valence-corrected chi connectivity index (χ1v) is 6.73. The SMILES string of the molecule is CC(C)(C)C(=O)NCCN1CCOc2ccccc21. The third-order valence-electron chi connectivity index (χ3n) is 3.17. The third kappa shape index (κ3) is 3.40. The Balaban J connectivity index is 1.90. The van der Waals surface area contributed by atoms with Crippen LogP contribution in [0.15, 0.2) is 24.3 Å². The second kappa shape index (κ2) is 5.51. The molecule has 0 atom stereocenters. The quantitative estimate of drug-likeness (QED) is 0.906. The monoisotopic (exact) mass is 262 g/mol. The van der Waals surface area contributed by atoms with Crippen molar-refractivity contribution in [3.63, 3.8) is 0 Å². The van der Waals surface area contributed by atoms with E-state index >= 15 is 0 Å². The Morgan fingerprint density at radius 1 is 1.37 bits per heavy atom. The topological polar surface area (TPSA) is 41.6 Å². The molecule has 0 saturated heterocycles. The zero-order valence-corrected chi connectivity index (χ0v) is 11.9. The van der Waals surface area contributed by atoms with Crippen LogP contribution >= 0.6 is 0 Å². The summed E-state index contributed by atoms with van der Waals surface area (Å²) in [6.45, 7) is 8.80. The molecule has 1 heterocycles. The fourth-order valence-electron chi connectivity index (χ4n) is 2.03. The molecule has 19 heavy (non-hydrogen) atoms. The lowest BCUT2D eigenvalue weighted by Gasteiger charge is -2.31. The number of hydrogen-bond donors (Lipinski definition) is 1. The average Bonchev–Trinajstić information content (AvgIpc) is 2.38. The number of rotatable bonds is 3. The second-order valence-electron chi connectivity index (χ2n) is 5.81. The number of carbonyl (C=O) groups is 1. The van der Waals surface area contributed by atoms with Crippen molar-refractivity contribution in [1.29, 1.82) is 0 Å². The van der Waals surface area contributed by atoms with Gasteiger partial charge in [-0.1, -0.05) is 32.9 Å². The molecule has 0 aliphatic carbocycles. The molecule has 104 valence electrons. The zero-order valence-electron chi connectivity index (χ0n) is 11.9. The van der Waals surface area contributed by atoms with E-state index < -0.39 is 0 Å². The van der Waals surface area contributed by atoms with E-state index in [1.165, 1.54) is 0 Å². The van der Waals surface area contributed by atoms with E-state index in [4.69, 9.17) is 4.74 Å². The molecule has 0 spiro atoms.